The average Bonchev–Trinajstić information content (AvgIpc) is 3.32. The number of aliphatic carboxylic acids is 1. The van der Waals surface area contributed by atoms with Gasteiger partial charge in [-0.2, -0.15) is 4.98 Å². The first-order valence-corrected chi connectivity index (χ1v) is 8.14. The van der Waals surface area contributed by atoms with E-state index in [1.807, 2.05) is 12.1 Å². The molecule has 8 nitrogen and oxygen atoms in total. The predicted octanol–water partition coefficient (Wildman–Crippen LogP) is 2.34. The Hall–Kier alpha value is -3.16. The van der Waals surface area contributed by atoms with E-state index in [4.69, 9.17) is 9.26 Å². The van der Waals surface area contributed by atoms with Crippen molar-refractivity contribution in [3.05, 3.63) is 42.3 Å². The first kappa shape index (κ1) is 17.7. The molecule has 3 rings (SSSR count). The molecule has 1 amide bonds. The summed E-state index contributed by atoms with van der Waals surface area (Å²) in [5.41, 5.74) is -0.815. The van der Waals surface area contributed by atoms with E-state index >= 15 is 0 Å². The number of carbonyl (C=O) groups excluding carboxylic acids is 1. The highest BCUT2D eigenvalue weighted by Crippen LogP contribution is 2.35. The molecule has 26 heavy (non-hydrogen) atoms. The van der Waals surface area contributed by atoms with Crippen molar-refractivity contribution < 1.29 is 24.0 Å². The number of nitrogens with one attached hydrogen (secondary N) is 1. The number of carboxylic acid groups (broad SMARTS) is 1. The van der Waals surface area contributed by atoms with Gasteiger partial charge in [-0.15, -0.1) is 0 Å². The van der Waals surface area contributed by atoms with Gasteiger partial charge >= 0.3 is 5.97 Å². The van der Waals surface area contributed by atoms with Crippen LogP contribution < -0.4 is 10.1 Å². The summed E-state index contributed by atoms with van der Waals surface area (Å²) in [5, 5.41) is 16.1. The van der Waals surface area contributed by atoms with Crippen molar-refractivity contribution in [3.8, 4) is 17.1 Å². The molecule has 8 heteroatoms. The molecule has 1 aliphatic rings. The molecule has 0 bridgehead atoms. The highest BCUT2D eigenvalue weighted by Gasteiger charge is 2.47. The van der Waals surface area contributed by atoms with E-state index in [1.54, 1.807) is 38.3 Å². The van der Waals surface area contributed by atoms with Crippen LogP contribution in [0.25, 0.3) is 11.4 Å². The highest BCUT2D eigenvalue weighted by atomic mass is 16.5. The highest BCUT2D eigenvalue weighted by molar-refractivity contribution is 6.02. The number of methoxy groups -OCH3 is 1. The van der Waals surface area contributed by atoms with Crippen LogP contribution in [0.5, 0.6) is 5.75 Å². The molecule has 1 aromatic carbocycles. The molecule has 136 valence electrons. The van der Waals surface area contributed by atoms with Crippen LogP contribution in [0.1, 0.15) is 31.7 Å². The number of rotatable bonds is 6. The van der Waals surface area contributed by atoms with Gasteiger partial charge in [-0.1, -0.05) is 29.4 Å². The molecule has 1 aromatic heterocycles. The predicted molar refractivity (Wildman–Crippen MR) is 91.3 cm³/mol. The van der Waals surface area contributed by atoms with E-state index in [0.29, 0.717) is 17.1 Å². The lowest BCUT2D eigenvalue weighted by molar-refractivity contribution is -0.155. The molecule has 1 aliphatic carbocycles. The van der Waals surface area contributed by atoms with Gasteiger partial charge in [-0.05, 0) is 31.9 Å². The number of hydrogen-bond acceptors (Lipinski definition) is 6. The third-order valence-corrected chi connectivity index (χ3v) is 4.45. The second-order valence-corrected chi connectivity index (χ2v) is 6.12. The van der Waals surface area contributed by atoms with Gasteiger partial charge in [0.2, 0.25) is 17.6 Å². The van der Waals surface area contributed by atoms with Gasteiger partial charge in [0, 0.05) is 0 Å². The summed E-state index contributed by atoms with van der Waals surface area (Å²) in [6.07, 6.45) is 3.73. The zero-order chi connectivity index (χ0) is 18.7. The minimum atomic E-state index is -1.47. The largest absolute Gasteiger partial charge is 0.496 e. The minimum absolute atomic E-state index is 0.164. The zero-order valence-electron chi connectivity index (χ0n) is 14.4. The van der Waals surface area contributed by atoms with Gasteiger partial charge < -0.3 is 19.7 Å². The summed E-state index contributed by atoms with van der Waals surface area (Å²) in [5.74, 6) is -0.606. The Bertz CT molecular complexity index is 850. The van der Waals surface area contributed by atoms with E-state index < -0.39 is 23.3 Å². The lowest BCUT2D eigenvalue weighted by Crippen LogP contribution is -2.45. The molecule has 0 saturated carbocycles. The summed E-state index contributed by atoms with van der Waals surface area (Å²) >= 11 is 0. The Labute approximate surface area is 149 Å². The van der Waals surface area contributed by atoms with Gasteiger partial charge in [0.25, 0.3) is 0 Å². The number of para-hydroxylation sites is 1. The van der Waals surface area contributed by atoms with Crippen molar-refractivity contribution in [2.75, 3.05) is 7.11 Å². The number of ether oxygens (including phenoxy) is 1. The van der Waals surface area contributed by atoms with E-state index in [9.17, 15) is 14.7 Å². The van der Waals surface area contributed by atoms with Crippen LogP contribution in [0.4, 0.5) is 0 Å². The smallest absolute Gasteiger partial charge is 0.319 e. The van der Waals surface area contributed by atoms with Crippen molar-refractivity contribution in [1.82, 2.24) is 15.5 Å². The number of carboxylic acids is 1. The molecule has 2 N–H and O–H groups in total. The van der Waals surface area contributed by atoms with Crippen LogP contribution in [-0.4, -0.2) is 34.2 Å². The first-order valence-electron chi connectivity index (χ1n) is 8.14. The van der Waals surface area contributed by atoms with E-state index in [2.05, 4.69) is 15.5 Å². The van der Waals surface area contributed by atoms with E-state index in [-0.39, 0.29) is 18.7 Å². The molecule has 1 heterocycles. The Morgan fingerprint density at radius 1 is 1.31 bits per heavy atom. The lowest BCUT2D eigenvalue weighted by atomic mass is 9.84. The topological polar surface area (TPSA) is 115 Å². The molecular weight excluding hydrogens is 338 g/mol. The van der Waals surface area contributed by atoms with Crippen LogP contribution in [-0.2, 0) is 9.59 Å². The number of aromatic nitrogens is 2. The number of carbonyl (C=O) groups is 2. The van der Waals surface area contributed by atoms with Crippen LogP contribution >= 0.6 is 0 Å². The lowest BCUT2D eigenvalue weighted by Gasteiger charge is -2.24. The fourth-order valence-corrected chi connectivity index (χ4v) is 2.86. The van der Waals surface area contributed by atoms with Crippen molar-refractivity contribution in [3.63, 3.8) is 0 Å². The summed E-state index contributed by atoms with van der Waals surface area (Å²) in [7, 11) is 1.55. The van der Waals surface area contributed by atoms with E-state index in [0.717, 1.165) is 0 Å². The van der Waals surface area contributed by atoms with Crippen LogP contribution in [0.15, 0.2) is 40.9 Å². The van der Waals surface area contributed by atoms with Crippen molar-refractivity contribution in [2.24, 2.45) is 5.41 Å². The third-order valence-electron chi connectivity index (χ3n) is 4.45. The van der Waals surface area contributed by atoms with Gasteiger partial charge in [-0.3, -0.25) is 9.59 Å². The van der Waals surface area contributed by atoms with Crippen molar-refractivity contribution in [1.29, 1.82) is 0 Å². The Morgan fingerprint density at radius 2 is 2.00 bits per heavy atom. The van der Waals surface area contributed by atoms with Gasteiger partial charge in [0.1, 0.15) is 11.8 Å². The summed E-state index contributed by atoms with van der Waals surface area (Å²) in [6, 6.07) is 6.59. The summed E-state index contributed by atoms with van der Waals surface area (Å²) in [4.78, 5) is 28.4. The molecule has 0 fully saturated rings. The SMILES string of the molecule is COc1ccccc1-c1noc(C(C)NC(=O)C2(C(=O)O)CC=CC2)n1. The van der Waals surface area contributed by atoms with E-state index in [1.165, 1.54) is 0 Å². The van der Waals surface area contributed by atoms with Crippen LogP contribution in [0.2, 0.25) is 0 Å². The normalized spacial score (nSPS) is 16.2. The molecule has 1 atom stereocenters. The maximum Gasteiger partial charge on any atom is 0.319 e. The monoisotopic (exact) mass is 357 g/mol. The molecule has 2 aromatic rings. The van der Waals surface area contributed by atoms with Crippen LogP contribution in [0.3, 0.4) is 0 Å². The minimum Gasteiger partial charge on any atom is -0.496 e. The maximum absolute atomic E-state index is 12.5. The second-order valence-electron chi connectivity index (χ2n) is 6.12. The molecule has 0 spiro atoms. The molecular formula is C18H19N3O5. The third kappa shape index (κ3) is 3.05. The van der Waals surface area contributed by atoms with Crippen LogP contribution in [0, 0.1) is 5.41 Å². The Balaban J connectivity index is 1.77. The van der Waals surface area contributed by atoms with Crippen molar-refractivity contribution >= 4 is 11.9 Å². The Morgan fingerprint density at radius 3 is 2.65 bits per heavy atom. The number of amides is 1. The quantitative estimate of drug-likeness (QED) is 0.602. The molecule has 0 aliphatic heterocycles. The number of hydrogen-bond donors (Lipinski definition) is 2. The average molecular weight is 357 g/mol. The summed E-state index contributed by atoms with van der Waals surface area (Å²) in [6.45, 7) is 1.66. The fourth-order valence-electron chi connectivity index (χ4n) is 2.86. The zero-order valence-corrected chi connectivity index (χ0v) is 14.4. The second kappa shape index (κ2) is 6.99. The van der Waals surface area contributed by atoms with Gasteiger partial charge in [0.05, 0.1) is 12.7 Å². The molecule has 1 unspecified atom stereocenters. The summed E-state index contributed by atoms with van der Waals surface area (Å²) < 4.78 is 10.5. The van der Waals surface area contributed by atoms with Gasteiger partial charge in [0.15, 0.2) is 5.41 Å². The first-order chi connectivity index (χ1) is 12.5. The van der Waals surface area contributed by atoms with Crippen molar-refractivity contribution in [2.45, 2.75) is 25.8 Å². The number of benzene rings is 1. The maximum atomic E-state index is 12.5. The number of allylic oxidation sites excluding steroid dienone is 2. The standard InChI is InChI=1S/C18H19N3O5/c1-11(19-16(22)18(17(23)24)9-5-6-10-18)15-20-14(21-26-15)12-7-3-4-8-13(12)25-2/h3-8,11H,9-10H2,1-2H3,(H,19,22)(H,23,24). The molecule has 0 saturated heterocycles. The van der Waals surface area contributed by atoms with Gasteiger partial charge in [-0.25, -0.2) is 0 Å². The molecule has 0 radical (unpaired) electrons. The number of nitrogens with zero attached hydrogens (tertiary/aromatic N) is 2. The fraction of sp³-hybridized carbons (Fsp3) is 0.333. The Kier molecular flexibility index (Phi) is 4.75.